The van der Waals surface area contributed by atoms with Crippen LogP contribution in [0.4, 0.5) is 8.78 Å². The van der Waals surface area contributed by atoms with Gasteiger partial charge in [-0.2, -0.15) is 16.9 Å². The zero-order valence-electron chi connectivity index (χ0n) is 24.7. The average molecular weight is 654 g/mol. The molecule has 1 aliphatic rings. The molecular formula is C33H33F2N3O5S2. The molecule has 45 heavy (non-hydrogen) atoms. The third-order valence-electron chi connectivity index (χ3n) is 7.77. The monoisotopic (exact) mass is 653 g/mol. The number of thioether (sulfide) groups is 1. The van der Waals surface area contributed by atoms with Gasteiger partial charge in [-0.3, -0.25) is 0 Å². The number of fused-ring (bicyclic) bond motifs is 1. The van der Waals surface area contributed by atoms with E-state index >= 15 is 8.78 Å². The average Bonchev–Trinajstić information content (AvgIpc) is 3.70. The Hall–Kier alpha value is -3.71. The second-order valence-electron chi connectivity index (χ2n) is 10.9. The maximum atomic E-state index is 16.0. The lowest BCUT2D eigenvalue weighted by atomic mass is 10.1. The van der Waals surface area contributed by atoms with Gasteiger partial charge in [-0.15, -0.1) is 0 Å². The standard InChI is InChI=1S/C33H33F2N3O5S2/c1-22-5-8-24(9-6-22)45(40,41)38-15-11-25-26(13-18-44-19-16-39)33(29(35)21-31(25)38)43-23-7-10-28(34)27(20-23)30-12-14-37(36-30)32-4-2-3-17-42-32/h5-12,14-15,20-21,32,39H,2-4,13,16-19H2,1H3. The van der Waals surface area contributed by atoms with Crippen molar-refractivity contribution in [3.05, 3.63) is 95.8 Å². The van der Waals surface area contributed by atoms with E-state index in [1.807, 2.05) is 6.92 Å². The molecule has 0 radical (unpaired) electrons. The SMILES string of the molecule is Cc1ccc(S(=O)(=O)n2ccc3c(CCSCCO)c(Oc4ccc(F)c(-c5ccn(C6CCCCO6)n5)c4)c(F)cc32)cc1. The largest absolute Gasteiger partial charge is 0.454 e. The van der Waals surface area contributed by atoms with Crippen molar-refractivity contribution in [2.45, 2.75) is 43.7 Å². The van der Waals surface area contributed by atoms with Crippen LogP contribution in [-0.2, 0) is 21.2 Å². The fourth-order valence-electron chi connectivity index (χ4n) is 5.46. The molecular weight excluding hydrogens is 621 g/mol. The molecule has 0 bridgehead atoms. The van der Waals surface area contributed by atoms with Crippen molar-refractivity contribution >= 4 is 32.7 Å². The minimum absolute atomic E-state index is 0.00124. The van der Waals surface area contributed by atoms with Crippen LogP contribution in [0.25, 0.3) is 22.2 Å². The summed E-state index contributed by atoms with van der Waals surface area (Å²) in [6, 6.07) is 15.1. The number of nitrogens with zero attached hydrogens (tertiary/aromatic N) is 3. The number of aryl methyl sites for hydroxylation is 2. The van der Waals surface area contributed by atoms with Gasteiger partial charge in [-0.05, 0) is 80.8 Å². The summed E-state index contributed by atoms with van der Waals surface area (Å²) < 4.78 is 72.8. The first-order chi connectivity index (χ1) is 21.8. The Morgan fingerprint density at radius 3 is 2.60 bits per heavy atom. The molecule has 0 aliphatic carbocycles. The first kappa shape index (κ1) is 31.3. The van der Waals surface area contributed by atoms with Crippen molar-refractivity contribution in [2.75, 3.05) is 24.7 Å². The molecule has 1 unspecified atom stereocenters. The van der Waals surface area contributed by atoms with Crippen LogP contribution >= 0.6 is 11.8 Å². The van der Waals surface area contributed by atoms with Crippen LogP contribution in [0.3, 0.4) is 0 Å². The predicted molar refractivity (Wildman–Crippen MR) is 170 cm³/mol. The maximum absolute atomic E-state index is 16.0. The highest BCUT2D eigenvalue weighted by molar-refractivity contribution is 7.99. The van der Waals surface area contributed by atoms with Gasteiger partial charge in [0.15, 0.2) is 11.6 Å². The summed E-state index contributed by atoms with van der Waals surface area (Å²) in [5, 5.41) is 14.3. The van der Waals surface area contributed by atoms with Crippen LogP contribution in [0, 0.1) is 18.6 Å². The molecule has 1 N–H and O–H groups in total. The lowest BCUT2D eigenvalue weighted by molar-refractivity contribution is -0.0393. The van der Waals surface area contributed by atoms with E-state index in [-0.39, 0.29) is 40.3 Å². The molecule has 5 aromatic rings. The summed E-state index contributed by atoms with van der Waals surface area (Å²) in [6.45, 7) is 2.51. The van der Waals surface area contributed by atoms with Gasteiger partial charge in [0.2, 0.25) is 0 Å². The molecule has 1 atom stereocenters. The normalized spacial score (nSPS) is 15.5. The van der Waals surface area contributed by atoms with E-state index in [1.54, 1.807) is 35.1 Å². The number of hydrogen-bond donors (Lipinski definition) is 1. The third-order valence-corrected chi connectivity index (χ3v) is 10.4. The quantitative estimate of drug-likeness (QED) is 0.152. The zero-order valence-corrected chi connectivity index (χ0v) is 26.3. The van der Waals surface area contributed by atoms with Crippen molar-refractivity contribution in [1.29, 1.82) is 0 Å². The number of benzene rings is 3. The molecule has 0 spiro atoms. The second kappa shape index (κ2) is 13.3. The summed E-state index contributed by atoms with van der Waals surface area (Å²) in [7, 11) is -4.01. The minimum atomic E-state index is -4.01. The Balaban J connectivity index is 1.37. The number of aromatic nitrogens is 3. The Morgan fingerprint density at radius 1 is 1.02 bits per heavy atom. The molecule has 12 heteroatoms. The summed E-state index contributed by atoms with van der Waals surface area (Å²) in [5.74, 6) is -0.112. The lowest BCUT2D eigenvalue weighted by Gasteiger charge is -2.22. The van der Waals surface area contributed by atoms with E-state index in [0.29, 0.717) is 41.2 Å². The summed E-state index contributed by atoms with van der Waals surface area (Å²) in [4.78, 5) is 0.0859. The Morgan fingerprint density at radius 2 is 1.84 bits per heavy atom. The molecule has 1 fully saturated rings. The molecule has 2 aromatic heterocycles. The Bertz CT molecular complexity index is 1920. The van der Waals surface area contributed by atoms with Gasteiger partial charge >= 0.3 is 0 Å². The Kier molecular flexibility index (Phi) is 9.27. The van der Waals surface area contributed by atoms with Gasteiger partial charge in [0, 0.05) is 47.3 Å². The summed E-state index contributed by atoms with van der Waals surface area (Å²) in [5.41, 5.74) is 2.15. The van der Waals surface area contributed by atoms with E-state index in [9.17, 15) is 13.5 Å². The molecule has 1 aliphatic heterocycles. The fourth-order valence-corrected chi connectivity index (χ4v) is 7.48. The van der Waals surface area contributed by atoms with Crippen molar-refractivity contribution in [2.24, 2.45) is 0 Å². The van der Waals surface area contributed by atoms with Gasteiger partial charge in [-0.1, -0.05) is 17.7 Å². The zero-order chi connectivity index (χ0) is 31.6. The molecule has 0 saturated carbocycles. The molecule has 8 nitrogen and oxygen atoms in total. The van der Waals surface area contributed by atoms with Crippen LogP contribution in [0.2, 0.25) is 0 Å². The van der Waals surface area contributed by atoms with Crippen molar-refractivity contribution in [1.82, 2.24) is 13.8 Å². The van der Waals surface area contributed by atoms with Crippen molar-refractivity contribution in [3.8, 4) is 22.8 Å². The van der Waals surface area contributed by atoms with Gasteiger partial charge in [0.25, 0.3) is 10.0 Å². The Labute approximate surface area is 264 Å². The highest BCUT2D eigenvalue weighted by Crippen LogP contribution is 2.38. The number of halogens is 2. The highest BCUT2D eigenvalue weighted by atomic mass is 32.2. The van der Waals surface area contributed by atoms with Crippen LogP contribution in [-0.4, -0.2) is 52.0 Å². The first-order valence-corrected chi connectivity index (χ1v) is 17.3. The molecule has 236 valence electrons. The van der Waals surface area contributed by atoms with Gasteiger partial charge < -0.3 is 14.6 Å². The van der Waals surface area contributed by atoms with E-state index in [0.717, 1.165) is 34.9 Å². The molecule has 6 rings (SSSR count). The smallest absolute Gasteiger partial charge is 0.268 e. The minimum Gasteiger partial charge on any atom is -0.454 e. The lowest BCUT2D eigenvalue weighted by Crippen LogP contribution is -2.18. The van der Waals surface area contributed by atoms with Gasteiger partial charge in [0.1, 0.15) is 17.8 Å². The summed E-state index contributed by atoms with van der Waals surface area (Å²) >= 11 is 1.48. The van der Waals surface area contributed by atoms with E-state index in [4.69, 9.17) is 9.47 Å². The second-order valence-corrected chi connectivity index (χ2v) is 13.9. The first-order valence-electron chi connectivity index (χ1n) is 14.7. The number of hydrogen-bond acceptors (Lipinski definition) is 7. The van der Waals surface area contributed by atoms with Crippen LogP contribution in [0.1, 0.15) is 36.6 Å². The molecule has 1 saturated heterocycles. The van der Waals surface area contributed by atoms with E-state index in [1.165, 1.54) is 48.3 Å². The number of aliphatic hydroxyl groups is 1. The van der Waals surface area contributed by atoms with Crippen molar-refractivity contribution in [3.63, 3.8) is 0 Å². The van der Waals surface area contributed by atoms with Crippen LogP contribution in [0.5, 0.6) is 11.5 Å². The molecule has 3 heterocycles. The van der Waals surface area contributed by atoms with Gasteiger partial charge in [0.05, 0.1) is 22.7 Å². The van der Waals surface area contributed by atoms with Crippen LogP contribution < -0.4 is 4.74 Å². The fraction of sp³-hybridized carbons (Fsp3) is 0.303. The van der Waals surface area contributed by atoms with E-state index < -0.39 is 21.7 Å². The predicted octanol–water partition coefficient (Wildman–Crippen LogP) is 7.09. The summed E-state index contributed by atoms with van der Waals surface area (Å²) in [6.07, 6.45) is 6.14. The molecule has 3 aromatic carbocycles. The van der Waals surface area contributed by atoms with Crippen molar-refractivity contribution < 1.29 is 31.8 Å². The maximum Gasteiger partial charge on any atom is 0.268 e. The van der Waals surface area contributed by atoms with Gasteiger partial charge in [-0.25, -0.2) is 25.9 Å². The topological polar surface area (TPSA) is 95.6 Å². The van der Waals surface area contributed by atoms with Crippen LogP contribution in [0.15, 0.2) is 78.0 Å². The van der Waals surface area contributed by atoms with E-state index in [2.05, 4.69) is 5.10 Å². The highest BCUT2D eigenvalue weighted by Gasteiger charge is 2.25. The number of aliphatic hydroxyl groups excluding tert-OH is 1. The molecule has 0 amide bonds. The number of ether oxygens (including phenoxy) is 2. The third kappa shape index (κ3) is 6.51. The number of rotatable bonds is 11.